The highest BCUT2D eigenvalue weighted by Gasteiger charge is 2.29. The highest BCUT2D eigenvalue weighted by molar-refractivity contribution is 5.31. The first-order valence-electron chi connectivity index (χ1n) is 6.47. The summed E-state index contributed by atoms with van der Waals surface area (Å²) in [6.45, 7) is 7.45. The molecule has 1 aromatic rings. The molecule has 0 aromatic carbocycles. The fourth-order valence-corrected chi connectivity index (χ4v) is 2.20. The van der Waals surface area contributed by atoms with E-state index in [1.54, 1.807) is 17.0 Å². The number of rotatable bonds is 4. The summed E-state index contributed by atoms with van der Waals surface area (Å²) in [7, 11) is 0. The van der Waals surface area contributed by atoms with Crippen molar-refractivity contribution in [3.8, 4) is 0 Å². The minimum absolute atomic E-state index is 0.0749. The van der Waals surface area contributed by atoms with Gasteiger partial charge >= 0.3 is 0 Å². The number of ether oxygens (including phenoxy) is 1. The van der Waals surface area contributed by atoms with E-state index in [1.165, 1.54) is 0 Å². The van der Waals surface area contributed by atoms with E-state index < -0.39 is 0 Å². The number of anilines is 1. The quantitative estimate of drug-likeness (QED) is 0.886. The van der Waals surface area contributed by atoms with Crippen LogP contribution in [0.2, 0.25) is 0 Å². The minimum Gasteiger partial charge on any atom is -0.373 e. The number of hydrogen-bond donors (Lipinski definition) is 1. The van der Waals surface area contributed by atoms with E-state index in [-0.39, 0.29) is 17.2 Å². The second-order valence-electron chi connectivity index (χ2n) is 5.34. The molecule has 1 unspecified atom stereocenters. The minimum atomic E-state index is -0.174. The van der Waals surface area contributed by atoms with Crippen LogP contribution in [0.3, 0.4) is 0 Å². The topological polar surface area (TPSA) is 56.1 Å². The third kappa shape index (κ3) is 2.72. The van der Waals surface area contributed by atoms with Crippen molar-refractivity contribution in [1.82, 2.24) is 9.55 Å². The lowest BCUT2D eigenvalue weighted by molar-refractivity contribution is 0.0314. The molecule has 2 rings (SSSR count). The largest absolute Gasteiger partial charge is 0.373 e. The maximum atomic E-state index is 12.1. The molecule has 5 heteroatoms. The maximum Gasteiger partial charge on any atom is 0.293 e. The van der Waals surface area contributed by atoms with Crippen LogP contribution in [0.25, 0.3) is 0 Å². The second-order valence-corrected chi connectivity index (χ2v) is 5.34. The summed E-state index contributed by atoms with van der Waals surface area (Å²) in [5, 5.41) is 3.12. The van der Waals surface area contributed by atoms with Gasteiger partial charge in [0.1, 0.15) is 0 Å². The lowest BCUT2D eigenvalue weighted by Gasteiger charge is -2.23. The molecule has 1 saturated heterocycles. The van der Waals surface area contributed by atoms with Gasteiger partial charge < -0.3 is 14.6 Å². The average molecular weight is 251 g/mol. The molecule has 0 spiro atoms. The van der Waals surface area contributed by atoms with Gasteiger partial charge in [-0.1, -0.05) is 0 Å². The van der Waals surface area contributed by atoms with Crippen LogP contribution in [0.4, 0.5) is 5.82 Å². The Morgan fingerprint density at radius 2 is 2.39 bits per heavy atom. The van der Waals surface area contributed by atoms with Crippen molar-refractivity contribution in [2.24, 2.45) is 0 Å². The molecule has 1 aliphatic rings. The molecule has 18 heavy (non-hydrogen) atoms. The molecule has 1 N–H and O–H groups in total. The van der Waals surface area contributed by atoms with Crippen LogP contribution in [0.15, 0.2) is 17.2 Å². The summed E-state index contributed by atoms with van der Waals surface area (Å²) >= 11 is 0. The van der Waals surface area contributed by atoms with E-state index in [0.29, 0.717) is 12.4 Å². The summed E-state index contributed by atoms with van der Waals surface area (Å²) in [5.74, 6) is 0.405. The third-order valence-electron chi connectivity index (χ3n) is 3.35. The van der Waals surface area contributed by atoms with Crippen LogP contribution in [-0.4, -0.2) is 28.3 Å². The first kappa shape index (κ1) is 13.1. The van der Waals surface area contributed by atoms with Crippen molar-refractivity contribution in [3.63, 3.8) is 0 Å². The predicted octanol–water partition coefficient (Wildman–Crippen LogP) is 1.81. The highest BCUT2D eigenvalue weighted by Crippen LogP contribution is 2.24. The number of hydrogen-bond acceptors (Lipinski definition) is 4. The summed E-state index contributed by atoms with van der Waals surface area (Å²) in [5.41, 5.74) is -0.249. The van der Waals surface area contributed by atoms with Crippen LogP contribution in [-0.2, 0) is 4.74 Å². The van der Waals surface area contributed by atoms with E-state index in [4.69, 9.17) is 4.74 Å². The molecule has 1 aliphatic heterocycles. The Morgan fingerprint density at radius 1 is 1.61 bits per heavy atom. The molecule has 0 aliphatic carbocycles. The molecule has 100 valence electrons. The van der Waals surface area contributed by atoms with Crippen molar-refractivity contribution in [3.05, 3.63) is 22.7 Å². The van der Waals surface area contributed by atoms with Crippen molar-refractivity contribution >= 4 is 5.82 Å². The van der Waals surface area contributed by atoms with E-state index in [1.807, 2.05) is 13.8 Å². The van der Waals surface area contributed by atoms with Crippen molar-refractivity contribution in [2.75, 3.05) is 18.5 Å². The predicted molar refractivity (Wildman–Crippen MR) is 71.0 cm³/mol. The molecular formula is C13H21N3O2. The van der Waals surface area contributed by atoms with Gasteiger partial charge in [0.2, 0.25) is 0 Å². The van der Waals surface area contributed by atoms with Crippen molar-refractivity contribution in [2.45, 2.75) is 45.3 Å². The SMILES string of the molecule is CC(C)n1ccnc(NCC2(C)CCCO2)c1=O. The fourth-order valence-electron chi connectivity index (χ4n) is 2.20. The highest BCUT2D eigenvalue weighted by atomic mass is 16.5. The summed E-state index contributed by atoms with van der Waals surface area (Å²) in [4.78, 5) is 16.2. The smallest absolute Gasteiger partial charge is 0.293 e. The molecule has 1 aromatic heterocycles. The zero-order chi connectivity index (χ0) is 13.2. The Morgan fingerprint density at radius 3 is 3.00 bits per heavy atom. The maximum absolute atomic E-state index is 12.1. The lowest BCUT2D eigenvalue weighted by Crippen LogP contribution is -2.35. The van der Waals surface area contributed by atoms with Crippen LogP contribution in [0, 0.1) is 0 Å². The van der Waals surface area contributed by atoms with Crippen LogP contribution in [0.5, 0.6) is 0 Å². The molecule has 1 atom stereocenters. The van der Waals surface area contributed by atoms with E-state index >= 15 is 0 Å². The van der Waals surface area contributed by atoms with Gasteiger partial charge in [0.05, 0.1) is 5.60 Å². The monoisotopic (exact) mass is 251 g/mol. The first-order chi connectivity index (χ1) is 8.52. The van der Waals surface area contributed by atoms with Gasteiger partial charge in [0.15, 0.2) is 5.82 Å². The Bertz CT molecular complexity index is 462. The zero-order valence-corrected chi connectivity index (χ0v) is 11.3. The van der Waals surface area contributed by atoms with Gasteiger partial charge in [-0.15, -0.1) is 0 Å². The molecule has 5 nitrogen and oxygen atoms in total. The summed E-state index contributed by atoms with van der Waals surface area (Å²) < 4.78 is 7.35. The molecular weight excluding hydrogens is 230 g/mol. The van der Waals surface area contributed by atoms with E-state index in [2.05, 4.69) is 17.2 Å². The van der Waals surface area contributed by atoms with Gasteiger partial charge in [-0.25, -0.2) is 4.98 Å². The fraction of sp³-hybridized carbons (Fsp3) is 0.692. The molecule has 0 bridgehead atoms. The van der Waals surface area contributed by atoms with Crippen LogP contribution in [0.1, 0.15) is 39.7 Å². The number of nitrogens with one attached hydrogen (secondary N) is 1. The Labute approximate surface area is 107 Å². The zero-order valence-electron chi connectivity index (χ0n) is 11.3. The standard InChI is InChI=1S/C13H21N3O2/c1-10(2)16-7-6-14-11(12(16)17)15-9-13(3)5-4-8-18-13/h6-7,10H,4-5,8-9H2,1-3H3,(H,14,15). The Kier molecular flexibility index (Phi) is 3.71. The normalized spacial score (nSPS) is 23.6. The number of nitrogens with zero attached hydrogens (tertiary/aromatic N) is 2. The van der Waals surface area contributed by atoms with Gasteiger partial charge in [0.25, 0.3) is 5.56 Å². The lowest BCUT2D eigenvalue weighted by atomic mass is 10.0. The molecule has 1 fully saturated rings. The van der Waals surface area contributed by atoms with Gasteiger partial charge in [-0.2, -0.15) is 0 Å². The molecule has 0 saturated carbocycles. The first-order valence-corrected chi connectivity index (χ1v) is 6.47. The van der Waals surface area contributed by atoms with Crippen LogP contribution >= 0.6 is 0 Å². The van der Waals surface area contributed by atoms with E-state index in [0.717, 1.165) is 19.4 Å². The van der Waals surface area contributed by atoms with Gasteiger partial charge in [-0.05, 0) is 33.6 Å². The summed E-state index contributed by atoms with van der Waals surface area (Å²) in [6.07, 6.45) is 5.47. The third-order valence-corrected chi connectivity index (χ3v) is 3.35. The average Bonchev–Trinajstić information content (AvgIpc) is 2.75. The van der Waals surface area contributed by atoms with E-state index in [9.17, 15) is 4.79 Å². The summed E-state index contributed by atoms with van der Waals surface area (Å²) in [6, 6.07) is 0.138. The van der Waals surface area contributed by atoms with Gasteiger partial charge in [-0.3, -0.25) is 4.79 Å². The van der Waals surface area contributed by atoms with Gasteiger partial charge in [0, 0.05) is 31.6 Å². The van der Waals surface area contributed by atoms with Crippen molar-refractivity contribution in [1.29, 1.82) is 0 Å². The molecule has 0 amide bonds. The second kappa shape index (κ2) is 5.10. The molecule has 2 heterocycles. The number of aromatic nitrogens is 2. The van der Waals surface area contributed by atoms with Crippen LogP contribution < -0.4 is 10.9 Å². The molecule has 0 radical (unpaired) electrons. The van der Waals surface area contributed by atoms with Crippen molar-refractivity contribution < 1.29 is 4.74 Å². The Balaban J connectivity index is 2.10. The Hall–Kier alpha value is -1.36.